The van der Waals surface area contributed by atoms with E-state index in [1.807, 2.05) is 0 Å². The predicted molar refractivity (Wildman–Crippen MR) is 96.3 cm³/mol. The summed E-state index contributed by atoms with van der Waals surface area (Å²) in [7, 11) is 0. The fourth-order valence-electron chi connectivity index (χ4n) is 6.34. The van der Waals surface area contributed by atoms with Gasteiger partial charge in [0.05, 0.1) is 4.92 Å². The highest BCUT2D eigenvalue weighted by Crippen LogP contribution is 2.61. The van der Waals surface area contributed by atoms with Crippen molar-refractivity contribution in [1.29, 1.82) is 0 Å². The lowest BCUT2D eigenvalue weighted by Gasteiger charge is -2.59. The smallest absolute Gasteiger partial charge is 0.306 e. The summed E-state index contributed by atoms with van der Waals surface area (Å²) in [4.78, 5) is 22.8. The molecule has 4 bridgehead atoms. The number of nitrogens with one attached hydrogen (secondary N) is 1. The van der Waals surface area contributed by atoms with Crippen LogP contribution in [0.2, 0.25) is 0 Å². The molecule has 0 saturated heterocycles. The third kappa shape index (κ3) is 3.23. The molecular formula is C19H28N4O3. The van der Waals surface area contributed by atoms with Crippen molar-refractivity contribution in [3.63, 3.8) is 0 Å². The van der Waals surface area contributed by atoms with Crippen molar-refractivity contribution >= 4 is 11.6 Å². The van der Waals surface area contributed by atoms with Gasteiger partial charge in [0, 0.05) is 19.0 Å². The fraction of sp³-hybridized carbons (Fsp3) is 0.789. The third-order valence-corrected chi connectivity index (χ3v) is 6.97. The first-order chi connectivity index (χ1) is 12.5. The Morgan fingerprint density at radius 3 is 2.46 bits per heavy atom. The van der Waals surface area contributed by atoms with Gasteiger partial charge in [0.1, 0.15) is 12.4 Å². The summed E-state index contributed by atoms with van der Waals surface area (Å²) in [5.74, 6) is 2.65. The third-order valence-electron chi connectivity index (χ3n) is 6.97. The van der Waals surface area contributed by atoms with Crippen molar-refractivity contribution < 1.29 is 9.72 Å². The average Bonchev–Trinajstić information content (AvgIpc) is 3.06. The van der Waals surface area contributed by atoms with E-state index in [9.17, 15) is 14.9 Å². The Bertz CT molecular complexity index is 663. The van der Waals surface area contributed by atoms with Crippen LogP contribution in [0.25, 0.3) is 0 Å². The van der Waals surface area contributed by atoms with Gasteiger partial charge < -0.3 is 5.32 Å². The highest BCUT2D eigenvalue weighted by Gasteiger charge is 2.53. The number of nitro groups is 1. The Balaban J connectivity index is 1.36. The van der Waals surface area contributed by atoms with Crippen LogP contribution in [0, 0.1) is 33.3 Å². The van der Waals surface area contributed by atoms with Crippen molar-refractivity contribution in [1.82, 2.24) is 15.1 Å². The number of rotatable bonds is 7. The molecular weight excluding hydrogens is 332 g/mol. The summed E-state index contributed by atoms with van der Waals surface area (Å²) in [6.45, 7) is 2.55. The van der Waals surface area contributed by atoms with Crippen LogP contribution < -0.4 is 5.32 Å². The van der Waals surface area contributed by atoms with E-state index >= 15 is 0 Å². The molecule has 7 heteroatoms. The molecule has 0 unspecified atom stereocenters. The number of hydrogen-bond acceptors (Lipinski definition) is 4. The SMILES string of the molecule is CC[C@H](NC(=O)CCn1cc([N+](=O)[O-])cn1)C12CC3CC(CC(C3)C1)C2. The van der Waals surface area contributed by atoms with Gasteiger partial charge >= 0.3 is 5.69 Å². The van der Waals surface area contributed by atoms with Crippen LogP contribution in [0.1, 0.15) is 58.3 Å². The van der Waals surface area contributed by atoms with Crippen LogP contribution in [0.3, 0.4) is 0 Å². The molecule has 5 rings (SSSR count). The van der Waals surface area contributed by atoms with Gasteiger partial charge in [0.15, 0.2) is 0 Å². The van der Waals surface area contributed by atoms with Gasteiger partial charge in [-0.2, -0.15) is 5.10 Å². The number of carbonyl (C=O) groups is 1. The number of amides is 1. The van der Waals surface area contributed by atoms with E-state index < -0.39 is 4.92 Å². The predicted octanol–water partition coefficient (Wildman–Crippen LogP) is 3.29. The van der Waals surface area contributed by atoms with Crippen LogP contribution in [-0.4, -0.2) is 26.7 Å². The van der Waals surface area contributed by atoms with E-state index in [2.05, 4.69) is 17.3 Å². The zero-order valence-corrected chi connectivity index (χ0v) is 15.4. The van der Waals surface area contributed by atoms with Crippen LogP contribution in [-0.2, 0) is 11.3 Å². The molecule has 142 valence electrons. The maximum absolute atomic E-state index is 12.5. The lowest BCUT2D eigenvalue weighted by Crippen LogP contribution is -2.56. The second-order valence-corrected chi connectivity index (χ2v) is 8.78. The van der Waals surface area contributed by atoms with Gasteiger partial charge in [0.2, 0.25) is 5.91 Å². The van der Waals surface area contributed by atoms with Crippen molar-refractivity contribution in [3.8, 4) is 0 Å². The quantitative estimate of drug-likeness (QED) is 0.597. The summed E-state index contributed by atoms with van der Waals surface area (Å²) in [5.41, 5.74) is 0.273. The van der Waals surface area contributed by atoms with E-state index in [0.717, 1.165) is 24.2 Å². The molecule has 26 heavy (non-hydrogen) atoms. The van der Waals surface area contributed by atoms with Gasteiger partial charge in [-0.1, -0.05) is 6.92 Å². The number of carbonyl (C=O) groups excluding carboxylic acids is 1. The van der Waals surface area contributed by atoms with Gasteiger partial charge in [-0.3, -0.25) is 19.6 Å². The van der Waals surface area contributed by atoms with E-state index in [4.69, 9.17) is 0 Å². The normalized spacial score (nSPS) is 33.2. The average molecular weight is 360 g/mol. The molecule has 0 radical (unpaired) electrons. The van der Waals surface area contributed by atoms with E-state index in [-0.39, 0.29) is 17.6 Å². The zero-order valence-electron chi connectivity index (χ0n) is 15.4. The standard InChI is InChI=1S/C19H28N4O3/c1-2-17(19-8-13-5-14(9-19)7-15(6-13)10-19)21-18(24)3-4-22-12-16(11-20-22)23(25)26/h11-15,17H,2-10H2,1H3,(H,21,24)/t13?,14?,15?,17-,19?/m0/s1. The summed E-state index contributed by atoms with van der Waals surface area (Å²) >= 11 is 0. The maximum atomic E-state index is 12.5. The first-order valence-electron chi connectivity index (χ1n) is 9.93. The van der Waals surface area contributed by atoms with E-state index in [0.29, 0.717) is 18.4 Å². The van der Waals surface area contributed by atoms with Crippen LogP contribution >= 0.6 is 0 Å². The summed E-state index contributed by atoms with van der Waals surface area (Å²) < 4.78 is 1.48. The maximum Gasteiger partial charge on any atom is 0.306 e. The molecule has 1 N–H and O–H groups in total. The monoisotopic (exact) mass is 360 g/mol. The van der Waals surface area contributed by atoms with Crippen LogP contribution in [0.15, 0.2) is 12.4 Å². The van der Waals surface area contributed by atoms with Crippen LogP contribution in [0.4, 0.5) is 5.69 Å². The molecule has 7 nitrogen and oxygen atoms in total. The molecule has 0 aliphatic heterocycles. The van der Waals surface area contributed by atoms with Crippen molar-refractivity contribution in [2.75, 3.05) is 0 Å². The number of hydrogen-bond donors (Lipinski definition) is 1. The first kappa shape index (κ1) is 17.5. The topological polar surface area (TPSA) is 90.1 Å². The second kappa shape index (κ2) is 6.67. The zero-order chi connectivity index (χ0) is 18.3. The molecule has 4 saturated carbocycles. The van der Waals surface area contributed by atoms with Gasteiger partial charge in [0.25, 0.3) is 0 Å². The first-order valence-corrected chi connectivity index (χ1v) is 9.93. The Hall–Kier alpha value is -1.92. The number of nitrogens with zero attached hydrogens (tertiary/aromatic N) is 3. The van der Waals surface area contributed by atoms with Crippen LogP contribution in [0.5, 0.6) is 0 Å². The Kier molecular flexibility index (Phi) is 4.49. The fourth-order valence-corrected chi connectivity index (χ4v) is 6.34. The van der Waals surface area contributed by atoms with Gasteiger partial charge in [-0.15, -0.1) is 0 Å². The largest absolute Gasteiger partial charge is 0.353 e. The minimum Gasteiger partial charge on any atom is -0.353 e. The minimum atomic E-state index is -0.469. The molecule has 1 aromatic rings. The molecule has 0 aromatic carbocycles. The molecule has 4 aliphatic rings. The Morgan fingerprint density at radius 1 is 1.35 bits per heavy atom. The second-order valence-electron chi connectivity index (χ2n) is 8.78. The van der Waals surface area contributed by atoms with Crippen molar-refractivity contribution in [2.24, 2.45) is 23.2 Å². The molecule has 1 heterocycles. The molecule has 0 spiro atoms. The minimum absolute atomic E-state index is 0.0331. The molecule has 1 amide bonds. The Morgan fingerprint density at radius 2 is 1.96 bits per heavy atom. The molecule has 4 fully saturated rings. The highest BCUT2D eigenvalue weighted by atomic mass is 16.6. The molecule has 1 atom stereocenters. The van der Waals surface area contributed by atoms with Crippen molar-refractivity contribution in [2.45, 2.75) is 70.9 Å². The summed E-state index contributed by atoms with van der Waals surface area (Å²) in [6.07, 6.45) is 11.9. The number of aryl methyl sites for hydroxylation is 1. The number of aromatic nitrogens is 2. The van der Waals surface area contributed by atoms with Gasteiger partial charge in [-0.25, -0.2) is 0 Å². The van der Waals surface area contributed by atoms with Crippen molar-refractivity contribution in [3.05, 3.63) is 22.5 Å². The lowest BCUT2D eigenvalue weighted by atomic mass is 9.47. The molecule has 4 aliphatic carbocycles. The van der Waals surface area contributed by atoms with Gasteiger partial charge in [-0.05, 0) is 68.1 Å². The summed E-state index contributed by atoms with van der Waals surface area (Å²) in [6, 6.07) is 0.260. The Labute approximate surface area is 153 Å². The van der Waals surface area contributed by atoms with E-state index in [1.165, 1.54) is 55.6 Å². The lowest BCUT2D eigenvalue weighted by molar-refractivity contribution is -0.385. The highest BCUT2D eigenvalue weighted by molar-refractivity contribution is 5.76. The summed E-state index contributed by atoms with van der Waals surface area (Å²) in [5, 5.41) is 18.0. The van der Waals surface area contributed by atoms with E-state index in [1.54, 1.807) is 0 Å². The molecule has 1 aromatic heterocycles.